The van der Waals surface area contributed by atoms with Crippen LogP contribution in [0.25, 0.3) is 0 Å². The number of rotatable bonds is 5. The van der Waals surface area contributed by atoms with Gasteiger partial charge in [-0.25, -0.2) is 5.43 Å². The molecule has 4 heteroatoms. The van der Waals surface area contributed by atoms with Crippen LogP contribution in [0.1, 0.15) is 22.6 Å². The second-order valence-corrected chi connectivity index (χ2v) is 4.71. The summed E-state index contributed by atoms with van der Waals surface area (Å²) in [7, 11) is 1.70. The first-order valence-corrected chi connectivity index (χ1v) is 6.32. The molecule has 0 aliphatic rings. The molecule has 0 saturated heterocycles. The number of benzene rings is 1. The van der Waals surface area contributed by atoms with Gasteiger partial charge in [0.25, 0.3) is 0 Å². The number of hydrazine groups is 1. The Hall–Kier alpha value is -1.20. The van der Waals surface area contributed by atoms with E-state index in [2.05, 4.69) is 11.5 Å². The lowest BCUT2D eigenvalue weighted by Gasteiger charge is -2.24. The van der Waals surface area contributed by atoms with Crippen LogP contribution in [-0.2, 0) is 4.74 Å². The Kier molecular flexibility index (Phi) is 4.28. The fourth-order valence-corrected chi connectivity index (χ4v) is 2.70. The minimum Gasteiger partial charge on any atom is -0.375 e. The van der Waals surface area contributed by atoms with Gasteiger partial charge in [0.15, 0.2) is 0 Å². The molecule has 2 unspecified atom stereocenters. The number of ether oxygens (including phenoxy) is 1. The molecule has 3 N–H and O–H groups in total. The first kappa shape index (κ1) is 12.3. The maximum absolute atomic E-state index is 5.65. The summed E-state index contributed by atoms with van der Waals surface area (Å²) in [6, 6.07) is 14.1. The molecule has 0 bridgehead atoms. The highest BCUT2D eigenvalue weighted by atomic mass is 32.1. The lowest BCUT2D eigenvalue weighted by atomic mass is 10.0. The molecule has 90 valence electrons. The van der Waals surface area contributed by atoms with Crippen molar-refractivity contribution in [2.45, 2.75) is 12.1 Å². The van der Waals surface area contributed by atoms with Gasteiger partial charge in [-0.2, -0.15) is 0 Å². The quantitative estimate of drug-likeness (QED) is 0.631. The molecule has 1 aromatic heterocycles. The molecule has 0 aliphatic heterocycles. The lowest BCUT2D eigenvalue weighted by molar-refractivity contribution is 0.0687. The van der Waals surface area contributed by atoms with Gasteiger partial charge in [-0.3, -0.25) is 5.84 Å². The van der Waals surface area contributed by atoms with Crippen molar-refractivity contribution in [3.05, 3.63) is 58.3 Å². The molecule has 3 nitrogen and oxygen atoms in total. The average molecular weight is 248 g/mol. The van der Waals surface area contributed by atoms with Crippen molar-refractivity contribution in [3.8, 4) is 0 Å². The van der Waals surface area contributed by atoms with Crippen LogP contribution in [0.4, 0.5) is 0 Å². The van der Waals surface area contributed by atoms with Crippen LogP contribution in [0.3, 0.4) is 0 Å². The fourth-order valence-electron chi connectivity index (χ4n) is 1.89. The second-order valence-electron chi connectivity index (χ2n) is 3.73. The largest absolute Gasteiger partial charge is 0.375 e. The van der Waals surface area contributed by atoms with Crippen LogP contribution in [0.15, 0.2) is 47.8 Å². The zero-order chi connectivity index (χ0) is 12.1. The smallest absolute Gasteiger partial charge is 0.104 e. The van der Waals surface area contributed by atoms with Crippen molar-refractivity contribution in [1.82, 2.24) is 5.43 Å². The molecule has 17 heavy (non-hydrogen) atoms. The first-order chi connectivity index (χ1) is 8.36. The summed E-state index contributed by atoms with van der Waals surface area (Å²) in [5.41, 5.74) is 3.96. The summed E-state index contributed by atoms with van der Waals surface area (Å²) in [6.07, 6.45) is -0.0835. The number of nitrogens with two attached hydrogens (primary N) is 1. The van der Waals surface area contributed by atoms with Gasteiger partial charge >= 0.3 is 0 Å². The van der Waals surface area contributed by atoms with Gasteiger partial charge in [0.1, 0.15) is 6.10 Å². The Labute approximate surface area is 105 Å². The zero-order valence-corrected chi connectivity index (χ0v) is 10.5. The molecule has 0 fully saturated rings. The van der Waals surface area contributed by atoms with Crippen LogP contribution < -0.4 is 11.3 Å². The highest BCUT2D eigenvalue weighted by Gasteiger charge is 2.24. The molecular weight excluding hydrogens is 232 g/mol. The Morgan fingerprint density at radius 3 is 2.47 bits per heavy atom. The van der Waals surface area contributed by atoms with E-state index in [0.717, 1.165) is 5.56 Å². The minimum atomic E-state index is -0.0835. The van der Waals surface area contributed by atoms with Crippen molar-refractivity contribution in [3.63, 3.8) is 0 Å². The topological polar surface area (TPSA) is 47.3 Å². The summed E-state index contributed by atoms with van der Waals surface area (Å²) in [5, 5.41) is 2.04. The Morgan fingerprint density at radius 2 is 1.94 bits per heavy atom. The summed E-state index contributed by atoms with van der Waals surface area (Å²) in [4.78, 5) is 1.17. The molecule has 1 heterocycles. The van der Waals surface area contributed by atoms with E-state index in [1.54, 1.807) is 18.4 Å². The van der Waals surface area contributed by atoms with Crippen LogP contribution in [-0.4, -0.2) is 7.11 Å². The standard InChI is InChI=1S/C13H16N2OS/c1-16-13(10-6-3-2-4-7-10)12(15-14)11-8-5-9-17-11/h2-9,12-13,15H,14H2,1H3. The lowest BCUT2D eigenvalue weighted by Crippen LogP contribution is -2.32. The predicted octanol–water partition coefficient (Wildman–Crippen LogP) is 2.64. The van der Waals surface area contributed by atoms with Crippen LogP contribution in [0.5, 0.6) is 0 Å². The molecule has 2 aromatic rings. The summed E-state index contributed by atoms with van der Waals surface area (Å²) < 4.78 is 5.58. The van der Waals surface area contributed by atoms with Gasteiger partial charge in [0, 0.05) is 12.0 Å². The Morgan fingerprint density at radius 1 is 1.18 bits per heavy atom. The van der Waals surface area contributed by atoms with E-state index in [0.29, 0.717) is 0 Å². The molecule has 1 aromatic carbocycles. The maximum atomic E-state index is 5.65. The van der Waals surface area contributed by atoms with Crippen molar-refractivity contribution >= 4 is 11.3 Å². The number of methoxy groups -OCH3 is 1. The highest BCUT2D eigenvalue weighted by molar-refractivity contribution is 7.10. The van der Waals surface area contributed by atoms with E-state index in [-0.39, 0.29) is 12.1 Å². The molecule has 0 radical (unpaired) electrons. The monoisotopic (exact) mass is 248 g/mol. The second kappa shape index (κ2) is 5.93. The van der Waals surface area contributed by atoms with Gasteiger partial charge in [-0.05, 0) is 17.0 Å². The van der Waals surface area contributed by atoms with Gasteiger partial charge in [0.2, 0.25) is 0 Å². The third-order valence-corrected chi connectivity index (χ3v) is 3.67. The normalized spacial score (nSPS) is 14.5. The van der Waals surface area contributed by atoms with E-state index in [4.69, 9.17) is 10.6 Å². The Balaban J connectivity index is 2.28. The van der Waals surface area contributed by atoms with Gasteiger partial charge in [-0.15, -0.1) is 11.3 Å². The number of hydrogen-bond acceptors (Lipinski definition) is 4. The first-order valence-electron chi connectivity index (χ1n) is 5.44. The van der Waals surface area contributed by atoms with Crippen molar-refractivity contribution in [2.75, 3.05) is 7.11 Å². The summed E-state index contributed by atoms with van der Waals surface area (Å²) in [5.74, 6) is 5.65. The van der Waals surface area contributed by atoms with E-state index in [9.17, 15) is 0 Å². The SMILES string of the molecule is COC(c1ccccc1)C(NN)c1cccs1. The van der Waals surface area contributed by atoms with Crippen LogP contribution in [0, 0.1) is 0 Å². The number of thiophene rings is 1. The van der Waals surface area contributed by atoms with Crippen molar-refractivity contribution in [1.29, 1.82) is 0 Å². The average Bonchev–Trinajstić information content (AvgIpc) is 2.90. The predicted molar refractivity (Wildman–Crippen MR) is 70.6 cm³/mol. The fraction of sp³-hybridized carbons (Fsp3) is 0.231. The van der Waals surface area contributed by atoms with Gasteiger partial charge < -0.3 is 4.74 Å². The van der Waals surface area contributed by atoms with Crippen LogP contribution in [0.2, 0.25) is 0 Å². The zero-order valence-electron chi connectivity index (χ0n) is 9.67. The van der Waals surface area contributed by atoms with E-state index < -0.39 is 0 Å². The molecular formula is C13H16N2OS. The van der Waals surface area contributed by atoms with Gasteiger partial charge in [0.05, 0.1) is 6.04 Å². The highest BCUT2D eigenvalue weighted by Crippen LogP contribution is 2.33. The van der Waals surface area contributed by atoms with Crippen LogP contribution >= 0.6 is 11.3 Å². The minimum absolute atomic E-state index is 0.0256. The van der Waals surface area contributed by atoms with E-state index in [1.807, 2.05) is 41.8 Å². The molecule has 2 atom stereocenters. The van der Waals surface area contributed by atoms with Crippen molar-refractivity contribution < 1.29 is 4.74 Å². The van der Waals surface area contributed by atoms with E-state index in [1.165, 1.54) is 4.88 Å². The maximum Gasteiger partial charge on any atom is 0.104 e. The molecule has 2 rings (SSSR count). The third-order valence-electron chi connectivity index (χ3n) is 2.71. The molecule has 0 saturated carbocycles. The van der Waals surface area contributed by atoms with Crippen molar-refractivity contribution in [2.24, 2.45) is 5.84 Å². The summed E-state index contributed by atoms with van der Waals surface area (Å²) in [6.45, 7) is 0. The molecule has 0 amide bonds. The van der Waals surface area contributed by atoms with E-state index >= 15 is 0 Å². The Bertz CT molecular complexity index is 430. The van der Waals surface area contributed by atoms with Gasteiger partial charge in [-0.1, -0.05) is 36.4 Å². The molecule has 0 aliphatic carbocycles. The summed E-state index contributed by atoms with van der Waals surface area (Å²) >= 11 is 1.67. The number of nitrogens with one attached hydrogen (secondary N) is 1. The molecule has 0 spiro atoms. The third kappa shape index (κ3) is 2.73. The number of hydrogen-bond donors (Lipinski definition) is 2.